The van der Waals surface area contributed by atoms with Crippen molar-refractivity contribution in [1.29, 1.82) is 0 Å². The summed E-state index contributed by atoms with van der Waals surface area (Å²) >= 11 is 5.77. The maximum Gasteiger partial charge on any atom is 0.155 e. The van der Waals surface area contributed by atoms with E-state index in [0.717, 1.165) is 0 Å². The lowest BCUT2D eigenvalue weighted by Gasteiger charge is -2.22. The van der Waals surface area contributed by atoms with E-state index >= 15 is 0 Å². The molecule has 1 aromatic rings. The van der Waals surface area contributed by atoms with Gasteiger partial charge in [0.15, 0.2) is 5.15 Å². The van der Waals surface area contributed by atoms with Gasteiger partial charge in [0.2, 0.25) is 0 Å². The van der Waals surface area contributed by atoms with Crippen molar-refractivity contribution in [3.05, 3.63) is 29.6 Å². The molecule has 0 amide bonds. The Kier molecular flexibility index (Phi) is 5.37. The minimum Gasteiger partial charge on any atom is -0.242 e. The van der Waals surface area contributed by atoms with Crippen LogP contribution in [-0.4, -0.2) is 24.4 Å². The zero-order chi connectivity index (χ0) is 13.8. The first-order valence-corrected chi connectivity index (χ1v) is 7.02. The van der Waals surface area contributed by atoms with Crippen molar-refractivity contribution in [2.75, 3.05) is 0 Å². The first-order valence-electron chi connectivity index (χ1n) is 5.49. The Morgan fingerprint density at radius 2 is 2.22 bits per heavy atom. The highest BCUT2D eigenvalue weighted by atomic mass is 35.5. The second-order valence-corrected chi connectivity index (χ2v) is 7.14. The summed E-state index contributed by atoms with van der Waals surface area (Å²) in [4.78, 5) is 0. The van der Waals surface area contributed by atoms with Gasteiger partial charge in [-0.1, -0.05) is 17.7 Å². The fourth-order valence-corrected chi connectivity index (χ4v) is 2.14. The molecule has 100 valence electrons. The minimum atomic E-state index is -1.21. The molecule has 0 aromatic carbocycles. The molecule has 0 aliphatic rings. The predicted octanol–water partition coefficient (Wildman–Crippen LogP) is 2.19. The largest absolute Gasteiger partial charge is 0.242 e. The van der Waals surface area contributed by atoms with E-state index in [1.807, 2.05) is 20.8 Å². The average molecular weight is 289 g/mol. The fraction of sp³-hybridized carbons (Fsp3) is 0.545. The van der Waals surface area contributed by atoms with E-state index in [9.17, 15) is 4.21 Å². The monoisotopic (exact) mass is 288 g/mol. The summed E-state index contributed by atoms with van der Waals surface area (Å²) in [5.74, 6) is 0. The highest BCUT2D eigenvalue weighted by Crippen LogP contribution is 2.19. The quantitative estimate of drug-likeness (QED) is 0.844. The summed E-state index contributed by atoms with van der Waals surface area (Å²) in [6.07, 6.45) is 2.31. The molecule has 1 aromatic heterocycles. The Hall–Kier alpha value is -0.850. The molecule has 0 fully saturated rings. The molecule has 1 rings (SSSR count). The molecular formula is C11H17ClN4OS. The van der Waals surface area contributed by atoms with Crippen LogP contribution in [0.1, 0.15) is 38.9 Å². The number of halogens is 1. The van der Waals surface area contributed by atoms with Gasteiger partial charge in [-0.05, 0) is 32.4 Å². The van der Waals surface area contributed by atoms with Gasteiger partial charge in [-0.2, -0.15) is 0 Å². The Morgan fingerprint density at radius 3 is 2.72 bits per heavy atom. The molecule has 2 atom stereocenters. The number of aromatic nitrogens is 3. The number of hydrogen-bond acceptors (Lipinski definition) is 4. The molecule has 18 heavy (non-hydrogen) atoms. The Bertz CT molecular complexity index is 447. The lowest BCUT2D eigenvalue weighted by atomic mass is 10.1. The van der Waals surface area contributed by atoms with Gasteiger partial charge in [-0.25, -0.2) is 8.93 Å². The molecule has 0 aliphatic carbocycles. The smallest absolute Gasteiger partial charge is 0.155 e. The molecule has 0 saturated carbocycles. The van der Waals surface area contributed by atoms with E-state index in [-0.39, 0.29) is 15.9 Å². The number of rotatable bonds is 5. The van der Waals surface area contributed by atoms with E-state index in [1.54, 1.807) is 12.1 Å². The van der Waals surface area contributed by atoms with Crippen molar-refractivity contribution in [1.82, 2.24) is 20.1 Å². The van der Waals surface area contributed by atoms with Crippen LogP contribution in [0.4, 0.5) is 0 Å². The van der Waals surface area contributed by atoms with Crippen molar-refractivity contribution in [3.63, 3.8) is 0 Å². The molecular weight excluding hydrogens is 272 g/mol. The zero-order valence-electron chi connectivity index (χ0n) is 10.7. The third-order valence-electron chi connectivity index (χ3n) is 2.13. The van der Waals surface area contributed by atoms with E-state index in [0.29, 0.717) is 12.1 Å². The number of nitrogens with one attached hydrogen (secondary N) is 1. The van der Waals surface area contributed by atoms with Gasteiger partial charge in [-0.15, -0.1) is 16.8 Å². The summed E-state index contributed by atoms with van der Waals surface area (Å²) < 4.78 is 14.7. The SMILES string of the molecule is C=CC[C@H](NS(=O)C(C)(C)C)c1cc(Cl)nnn1. The number of nitrogens with zero attached hydrogens (tertiary/aromatic N) is 3. The zero-order valence-corrected chi connectivity index (χ0v) is 12.3. The molecule has 5 nitrogen and oxygen atoms in total. The van der Waals surface area contributed by atoms with Crippen molar-refractivity contribution in [2.45, 2.75) is 38.0 Å². The van der Waals surface area contributed by atoms with Crippen LogP contribution in [0.25, 0.3) is 0 Å². The van der Waals surface area contributed by atoms with Crippen LogP contribution in [0.5, 0.6) is 0 Å². The molecule has 0 radical (unpaired) electrons. The Balaban J connectivity index is 2.90. The summed E-state index contributed by atoms with van der Waals surface area (Å²) in [6.45, 7) is 9.37. The molecule has 0 bridgehead atoms. The maximum atomic E-state index is 12.1. The molecule has 0 spiro atoms. The van der Waals surface area contributed by atoms with E-state index < -0.39 is 11.0 Å². The Labute approximate surface area is 115 Å². The van der Waals surface area contributed by atoms with Gasteiger partial charge >= 0.3 is 0 Å². The topological polar surface area (TPSA) is 67.8 Å². The van der Waals surface area contributed by atoms with Crippen LogP contribution >= 0.6 is 11.6 Å². The van der Waals surface area contributed by atoms with Crippen LogP contribution in [-0.2, 0) is 11.0 Å². The number of hydrogen-bond donors (Lipinski definition) is 1. The van der Waals surface area contributed by atoms with Crippen molar-refractivity contribution >= 4 is 22.6 Å². The maximum absolute atomic E-state index is 12.1. The van der Waals surface area contributed by atoms with Gasteiger partial charge < -0.3 is 0 Å². The highest BCUT2D eigenvalue weighted by Gasteiger charge is 2.24. The molecule has 1 unspecified atom stereocenters. The summed E-state index contributed by atoms with van der Waals surface area (Å²) in [6, 6.07) is 1.37. The van der Waals surface area contributed by atoms with Crippen LogP contribution in [0.2, 0.25) is 5.15 Å². The second-order valence-electron chi connectivity index (χ2n) is 4.76. The predicted molar refractivity (Wildman–Crippen MR) is 73.4 cm³/mol. The molecule has 7 heteroatoms. The highest BCUT2D eigenvalue weighted by molar-refractivity contribution is 7.84. The first kappa shape index (κ1) is 15.2. The van der Waals surface area contributed by atoms with Crippen LogP contribution < -0.4 is 4.72 Å². The third-order valence-corrected chi connectivity index (χ3v) is 3.93. The fourth-order valence-electron chi connectivity index (χ4n) is 1.17. The van der Waals surface area contributed by atoms with Crippen molar-refractivity contribution in [3.8, 4) is 0 Å². The van der Waals surface area contributed by atoms with Crippen molar-refractivity contribution in [2.24, 2.45) is 0 Å². The molecule has 1 N–H and O–H groups in total. The van der Waals surface area contributed by atoms with Gasteiger partial charge in [0.1, 0.15) is 0 Å². The van der Waals surface area contributed by atoms with Gasteiger partial charge in [0.05, 0.1) is 27.5 Å². The van der Waals surface area contributed by atoms with Crippen molar-refractivity contribution < 1.29 is 4.21 Å². The van der Waals surface area contributed by atoms with Gasteiger partial charge in [0, 0.05) is 6.07 Å². The standard InChI is InChI=1S/C11H17ClN4OS/c1-5-6-8(15-18(17)11(2,3)4)9-7-10(12)14-16-13-9/h5,7-8,15H,1,6H2,2-4H3/t8-,18?/m0/s1. The lowest BCUT2D eigenvalue weighted by Crippen LogP contribution is -2.36. The Morgan fingerprint density at radius 1 is 1.56 bits per heavy atom. The average Bonchev–Trinajstić information content (AvgIpc) is 2.27. The normalized spacial score (nSPS) is 15.1. The van der Waals surface area contributed by atoms with E-state index in [1.165, 1.54) is 0 Å². The third kappa shape index (κ3) is 4.44. The van der Waals surface area contributed by atoms with Crippen LogP contribution in [0.3, 0.4) is 0 Å². The van der Waals surface area contributed by atoms with Gasteiger partial charge in [0.25, 0.3) is 0 Å². The molecule has 1 heterocycles. The van der Waals surface area contributed by atoms with Crippen LogP contribution in [0, 0.1) is 0 Å². The minimum absolute atomic E-state index is 0.240. The summed E-state index contributed by atoms with van der Waals surface area (Å²) in [7, 11) is -1.21. The lowest BCUT2D eigenvalue weighted by molar-refractivity contribution is 0.585. The first-order chi connectivity index (χ1) is 8.34. The van der Waals surface area contributed by atoms with E-state index in [4.69, 9.17) is 11.6 Å². The summed E-state index contributed by atoms with van der Waals surface area (Å²) in [5.41, 5.74) is 0.604. The van der Waals surface area contributed by atoms with Crippen LogP contribution in [0.15, 0.2) is 18.7 Å². The van der Waals surface area contributed by atoms with Gasteiger partial charge in [-0.3, -0.25) is 0 Å². The molecule has 0 aliphatic heterocycles. The second kappa shape index (κ2) is 6.36. The summed E-state index contributed by atoms with van der Waals surface area (Å²) in [5, 5.41) is 11.3. The van der Waals surface area contributed by atoms with E-state index in [2.05, 4.69) is 26.7 Å². The molecule has 0 saturated heterocycles.